The Morgan fingerprint density at radius 2 is 1.70 bits per heavy atom. The number of urea groups is 1. The fourth-order valence-corrected chi connectivity index (χ4v) is 5.90. The van der Waals surface area contributed by atoms with Crippen LogP contribution in [-0.2, 0) is 0 Å². The summed E-state index contributed by atoms with van der Waals surface area (Å²) in [5, 5.41) is 16.5. The van der Waals surface area contributed by atoms with E-state index in [1.54, 1.807) is 12.1 Å². The molecular formula is C34H46N6O3. The monoisotopic (exact) mass is 586 g/mol. The normalized spacial score (nSPS) is 18.1. The van der Waals surface area contributed by atoms with E-state index in [4.69, 9.17) is 4.74 Å². The topological polar surface area (TPSA) is 111 Å². The second kappa shape index (κ2) is 12.8. The smallest absolute Gasteiger partial charge is 0.319 e. The summed E-state index contributed by atoms with van der Waals surface area (Å²) in [7, 11) is 0. The molecule has 1 saturated carbocycles. The molecule has 3 amide bonds. The van der Waals surface area contributed by atoms with E-state index < -0.39 is 0 Å². The molecule has 4 N–H and O–H groups in total. The molecule has 5 rings (SSSR count). The number of aromatic amines is 1. The van der Waals surface area contributed by atoms with Gasteiger partial charge < -0.3 is 20.7 Å². The number of carbonyl (C=O) groups is 2. The van der Waals surface area contributed by atoms with Gasteiger partial charge in [0.25, 0.3) is 5.91 Å². The molecule has 2 fully saturated rings. The van der Waals surface area contributed by atoms with Gasteiger partial charge in [-0.25, -0.2) is 4.79 Å². The number of amides is 3. The molecule has 1 saturated heterocycles. The van der Waals surface area contributed by atoms with E-state index in [0.717, 1.165) is 67.0 Å². The van der Waals surface area contributed by atoms with Crippen molar-refractivity contribution in [2.75, 3.05) is 23.7 Å². The summed E-state index contributed by atoms with van der Waals surface area (Å²) in [4.78, 5) is 28.0. The zero-order valence-corrected chi connectivity index (χ0v) is 26.3. The number of hydrogen-bond acceptors (Lipinski definition) is 5. The first-order valence-corrected chi connectivity index (χ1v) is 15.5. The fraction of sp³-hybridized carbons (Fsp3) is 0.500. The van der Waals surface area contributed by atoms with E-state index in [-0.39, 0.29) is 30.0 Å². The number of aryl methyl sites for hydroxylation is 1. The van der Waals surface area contributed by atoms with Crippen molar-refractivity contribution in [2.45, 2.75) is 91.3 Å². The van der Waals surface area contributed by atoms with Crippen LogP contribution in [0.5, 0.6) is 5.75 Å². The summed E-state index contributed by atoms with van der Waals surface area (Å²) < 4.78 is 6.02. The van der Waals surface area contributed by atoms with Crippen molar-refractivity contribution in [3.05, 3.63) is 70.9 Å². The molecule has 0 spiro atoms. The number of carbonyl (C=O) groups excluding carboxylic acids is 2. The minimum absolute atomic E-state index is 0.0295. The molecule has 1 unspecified atom stereocenters. The van der Waals surface area contributed by atoms with Crippen molar-refractivity contribution >= 4 is 23.4 Å². The Labute approximate surface area is 255 Å². The summed E-state index contributed by atoms with van der Waals surface area (Å²) in [6.45, 7) is 14.9. The van der Waals surface area contributed by atoms with Gasteiger partial charge in [0.05, 0.1) is 0 Å². The Kier molecular flexibility index (Phi) is 9.11. The summed E-state index contributed by atoms with van der Waals surface area (Å²) in [5.41, 5.74) is 4.68. The van der Waals surface area contributed by atoms with Gasteiger partial charge in [-0.15, -0.1) is 0 Å². The largest absolute Gasteiger partial charge is 0.488 e. The molecule has 2 aromatic carbocycles. The molecule has 0 bridgehead atoms. The number of ether oxygens (including phenoxy) is 1. The van der Waals surface area contributed by atoms with Crippen LogP contribution in [0, 0.1) is 12.3 Å². The van der Waals surface area contributed by atoms with Crippen molar-refractivity contribution in [2.24, 2.45) is 5.41 Å². The van der Waals surface area contributed by atoms with Crippen molar-refractivity contribution in [3.8, 4) is 5.75 Å². The van der Waals surface area contributed by atoms with Gasteiger partial charge in [0, 0.05) is 54.1 Å². The molecule has 2 aliphatic rings. The highest BCUT2D eigenvalue weighted by Crippen LogP contribution is 2.35. The summed E-state index contributed by atoms with van der Waals surface area (Å²) in [6, 6.07) is 15.6. The van der Waals surface area contributed by atoms with Gasteiger partial charge in [-0.1, -0.05) is 26.8 Å². The first-order valence-electron chi connectivity index (χ1n) is 15.5. The molecule has 3 aromatic rings. The average Bonchev–Trinajstić information content (AvgIpc) is 3.41. The molecule has 1 aliphatic carbocycles. The number of anilines is 2. The van der Waals surface area contributed by atoms with Gasteiger partial charge in [-0.3, -0.25) is 14.8 Å². The van der Waals surface area contributed by atoms with Gasteiger partial charge in [0.15, 0.2) is 5.82 Å². The molecule has 1 aromatic heterocycles. The highest BCUT2D eigenvalue weighted by molar-refractivity contribution is 6.03. The third kappa shape index (κ3) is 7.76. The lowest BCUT2D eigenvalue weighted by molar-refractivity contribution is 0.000150. The highest BCUT2D eigenvalue weighted by atomic mass is 16.5. The standard InChI is InChI=1S/C34H46N6O3/c1-21(2)40-19-28(20-40)43-27-11-8-24(9-12-27)32(41)37-31-18-30(38-39-31)23(4)29-17-26(10-7-22(29)3)36-33(42)35-25-13-15-34(5,6)16-14-25/h7-12,17-18,21,23,25,28H,13-16,19-20H2,1-6H3,(H2,35,36,42)(H2,37,38,39,41). The van der Waals surface area contributed by atoms with E-state index >= 15 is 0 Å². The van der Waals surface area contributed by atoms with Crippen LogP contribution in [0.4, 0.5) is 16.3 Å². The predicted molar refractivity (Wildman–Crippen MR) is 171 cm³/mol. The van der Waals surface area contributed by atoms with E-state index in [1.165, 1.54) is 0 Å². The molecule has 1 atom stereocenters. The first kappa shape index (κ1) is 30.6. The summed E-state index contributed by atoms with van der Waals surface area (Å²) in [5.74, 6) is 0.959. The summed E-state index contributed by atoms with van der Waals surface area (Å²) >= 11 is 0. The molecule has 1 aliphatic heterocycles. The Bertz CT molecular complexity index is 1410. The maximum Gasteiger partial charge on any atom is 0.319 e. The van der Waals surface area contributed by atoms with E-state index in [1.807, 2.05) is 36.4 Å². The quantitative estimate of drug-likeness (QED) is 0.223. The lowest BCUT2D eigenvalue weighted by Crippen LogP contribution is -2.56. The maximum absolute atomic E-state index is 12.9. The van der Waals surface area contributed by atoms with Gasteiger partial charge in [0.2, 0.25) is 0 Å². The van der Waals surface area contributed by atoms with Crippen LogP contribution >= 0.6 is 0 Å². The van der Waals surface area contributed by atoms with Gasteiger partial charge in [-0.2, -0.15) is 5.10 Å². The van der Waals surface area contributed by atoms with Gasteiger partial charge in [0.1, 0.15) is 11.9 Å². The van der Waals surface area contributed by atoms with Crippen LogP contribution < -0.4 is 20.7 Å². The number of likely N-dealkylation sites (tertiary alicyclic amines) is 1. The Balaban J connectivity index is 1.15. The molecule has 9 heteroatoms. The number of H-pyrrole nitrogens is 1. The van der Waals surface area contributed by atoms with E-state index in [0.29, 0.717) is 22.8 Å². The highest BCUT2D eigenvalue weighted by Gasteiger charge is 2.30. The third-order valence-electron chi connectivity index (χ3n) is 9.01. The lowest BCUT2D eigenvalue weighted by Gasteiger charge is -2.41. The number of aromatic nitrogens is 2. The van der Waals surface area contributed by atoms with E-state index in [2.05, 4.69) is 72.6 Å². The Hall–Kier alpha value is -3.85. The number of benzene rings is 2. The average molecular weight is 587 g/mol. The van der Waals surface area contributed by atoms with Crippen molar-refractivity contribution < 1.29 is 14.3 Å². The maximum atomic E-state index is 12.9. The molecule has 9 nitrogen and oxygen atoms in total. The van der Waals surface area contributed by atoms with Crippen LogP contribution in [0.2, 0.25) is 0 Å². The summed E-state index contributed by atoms with van der Waals surface area (Å²) in [6.07, 6.45) is 4.45. The first-order chi connectivity index (χ1) is 20.5. The fourth-order valence-electron chi connectivity index (χ4n) is 5.90. The van der Waals surface area contributed by atoms with Crippen LogP contribution in [0.15, 0.2) is 48.5 Å². The minimum atomic E-state index is -0.234. The third-order valence-corrected chi connectivity index (χ3v) is 9.01. The number of nitrogens with one attached hydrogen (secondary N) is 4. The van der Waals surface area contributed by atoms with Gasteiger partial charge in [-0.05, 0) is 99.4 Å². The van der Waals surface area contributed by atoms with Crippen molar-refractivity contribution in [1.82, 2.24) is 20.4 Å². The Morgan fingerprint density at radius 3 is 2.37 bits per heavy atom. The second-order valence-corrected chi connectivity index (χ2v) is 13.3. The van der Waals surface area contributed by atoms with Gasteiger partial charge >= 0.3 is 6.03 Å². The molecular weight excluding hydrogens is 540 g/mol. The van der Waals surface area contributed by atoms with E-state index in [9.17, 15) is 9.59 Å². The van der Waals surface area contributed by atoms with Crippen LogP contribution in [0.3, 0.4) is 0 Å². The number of rotatable bonds is 9. The lowest BCUT2D eigenvalue weighted by atomic mass is 9.76. The van der Waals surface area contributed by atoms with Crippen LogP contribution in [0.25, 0.3) is 0 Å². The molecule has 2 heterocycles. The van der Waals surface area contributed by atoms with Crippen LogP contribution in [0.1, 0.15) is 93.4 Å². The van der Waals surface area contributed by atoms with Crippen molar-refractivity contribution in [3.63, 3.8) is 0 Å². The number of nitrogens with zero attached hydrogens (tertiary/aromatic N) is 2. The molecule has 43 heavy (non-hydrogen) atoms. The minimum Gasteiger partial charge on any atom is -0.488 e. The molecule has 230 valence electrons. The molecule has 0 radical (unpaired) electrons. The number of hydrogen-bond donors (Lipinski definition) is 4. The van der Waals surface area contributed by atoms with Crippen LogP contribution in [-0.4, -0.2) is 58.3 Å². The van der Waals surface area contributed by atoms with Crippen molar-refractivity contribution in [1.29, 1.82) is 0 Å². The Morgan fingerprint density at radius 1 is 1.00 bits per heavy atom. The predicted octanol–water partition coefficient (Wildman–Crippen LogP) is 6.68. The zero-order chi connectivity index (χ0) is 30.7. The second-order valence-electron chi connectivity index (χ2n) is 13.3. The SMILES string of the molecule is Cc1ccc(NC(=O)NC2CCC(C)(C)CC2)cc1C(C)c1cc(NC(=O)c2ccc(OC3CN(C(C)C)C3)cc2)n[nH]1. The zero-order valence-electron chi connectivity index (χ0n) is 26.3.